The maximum atomic E-state index is 13.2. The lowest BCUT2D eigenvalue weighted by atomic mass is 10.1. The number of aryl methyl sites for hydroxylation is 1. The Morgan fingerprint density at radius 3 is 2.58 bits per heavy atom. The van der Waals surface area contributed by atoms with E-state index in [1.807, 2.05) is 13.8 Å². The van der Waals surface area contributed by atoms with Gasteiger partial charge in [-0.1, -0.05) is 0 Å². The Morgan fingerprint density at radius 2 is 1.95 bits per heavy atom. The zero-order chi connectivity index (χ0) is 14.0. The fraction of sp³-hybridized carbons (Fsp3) is 0.308. The van der Waals surface area contributed by atoms with Gasteiger partial charge in [0.15, 0.2) is 5.82 Å². The fourth-order valence-electron chi connectivity index (χ4n) is 1.55. The number of ether oxygens (including phenoxy) is 1. The summed E-state index contributed by atoms with van der Waals surface area (Å²) in [4.78, 5) is 12.1. The molecule has 0 bridgehead atoms. The lowest BCUT2D eigenvalue weighted by Gasteiger charge is -2.09. The second-order valence-electron chi connectivity index (χ2n) is 4.43. The molecule has 1 aromatic heterocycles. The average Bonchev–Trinajstić information content (AvgIpc) is 2.31. The zero-order valence-electron chi connectivity index (χ0n) is 11.0. The molecule has 0 saturated carbocycles. The maximum absolute atomic E-state index is 13.2. The van der Waals surface area contributed by atoms with E-state index in [1.165, 1.54) is 6.07 Å². The minimum atomic E-state index is -0.274. The molecule has 0 aliphatic carbocycles. The third-order valence-electron chi connectivity index (χ3n) is 2.39. The van der Waals surface area contributed by atoms with Crippen LogP contribution in [0.15, 0.2) is 18.2 Å². The average molecular weight is 262 g/mol. The third kappa shape index (κ3) is 3.15. The van der Waals surface area contributed by atoms with Gasteiger partial charge in [-0.15, -0.1) is 0 Å². The molecule has 100 valence electrons. The molecular weight excluding hydrogens is 247 g/mol. The predicted octanol–water partition coefficient (Wildman–Crippen LogP) is 2.36. The van der Waals surface area contributed by atoms with Crippen molar-refractivity contribution >= 4 is 5.95 Å². The van der Waals surface area contributed by atoms with Crippen LogP contribution in [-0.2, 0) is 0 Å². The molecule has 5 nitrogen and oxygen atoms in total. The monoisotopic (exact) mass is 262 g/mol. The van der Waals surface area contributed by atoms with Crippen molar-refractivity contribution in [2.24, 2.45) is 0 Å². The van der Waals surface area contributed by atoms with E-state index in [0.717, 1.165) is 0 Å². The Balaban J connectivity index is 2.43. The Kier molecular flexibility index (Phi) is 3.59. The molecule has 0 fully saturated rings. The molecule has 1 aromatic carbocycles. The normalized spacial score (nSPS) is 10.8. The second kappa shape index (κ2) is 5.17. The highest BCUT2D eigenvalue weighted by atomic mass is 19.1. The van der Waals surface area contributed by atoms with Gasteiger partial charge in [-0.3, -0.25) is 0 Å². The molecule has 0 atom stereocenters. The smallest absolute Gasteiger partial charge is 0.322 e. The minimum Gasteiger partial charge on any atom is -0.461 e. The number of hydrogen-bond acceptors (Lipinski definition) is 5. The molecule has 6 heteroatoms. The van der Waals surface area contributed by atoms with Crippen LogP contribution in [0.5, 0.6) is 6.01 Å². The van der Waals surface area contributed by atoms with Gasteiger partial charge in [-0.25, -0.2) is 4.39 Å². The van der Waals surface area contributed by atoms with Crippen LogP contribution in [0.25, 0.3) is 11.4 Å². The number of halogens is 1. The van der Waals surface area contributed by atoms with Crippen molar-refractivity contribution in [1.29, 1.82) is 0 Å². The van der Waals surface area contributed by atoms with Gasteiger partial charge in [0.2, 0.25) is 5.95 Å². The summed E-state index contributed by atoms with van der Waals surface area (Å²) in [5, 5.41) is 0. The van der Waals surface area contributed by atoms with Crippen molar-refractivity contribution in [3.05, 3.63) is 29.6 Å². The summed E-state index contributed by atoms with van der Waals surface area (Å²) in [6, 6.07) is 4.78. The molecule has 0 aliphatic heterocycles. The number of aromatic nitrogens is 3. The van der Waals surface area contributed by atoms with Gasteiger partial charge in [-0.2, -0.15) is 15.0 Å². The molecule has 0 amide bonds. The SMILES string of the molecule is Cc1cc(-c2nc(N)nc(OC(C)C)n2)ccc1F. The van der Waals surface area contributed by atoms with Crippen molar-refractivity contribution in [1.82, 2.24) is 15.0 Å². The van der Waals surface area contributed by atoms with Crippen LogP contribution in [0, 0.1) is 12.7 Å². The number of anilines is 1. The number of hydrogen-bond donors (Lipinski definition) is 1. The molecule has 2 N–H and O–H groups in total. The summed E-state index contributed by atoms with van der Waals surface area (Å²) >= 11 is 0. The lowest BCUT2D eigenvalue weighted by molar-refractivity contribution is 0.222. The van der Waals surface area contributed by atoms with Crippen molar-refractivity contribution < 1.29 is 9.13 Å². The number of rotatable bonds is 3. The van der Waals surface area contributed by atoms with Crippen LogP contribution < -0.4 is 10.5 Å². The lowest BCUT2D eigenvalue weighted by Crippen LogP contribution is -2.11. The Morgan fingerprint density at radius 1 is 1.21 bits per heavy atom. The van der Waals surface area contributed by atoms with Crippen molar-refractivity contribution in [3.8, 4) is 17.4 Å². The molecule has 2 aromatic rings. The maximum Gasteiger partial charge on any atom is 0.322 e. The standard InChI is InChI=1S/C13H15FN4O/c1-7(2)19-13-17-11(16-12(15)18-13)9-4-5-10(14)8(3)6-9/h4-7H,1-3H3,(H2,15,16,17,18). The van der Waals surface area contributed by atoms with E-state index in [0.29, 0.717) is 17.0 Å². The fourth-order valence-corrected chi connectivity index (χ4v) is 1.55. The molecule has 19 heavy (non-hydrogen) atoms. The summed E-state index contributed by atoms with van der Waals surface area (Å²) in [5.74, 6) is 0.165. The van der Waals surface area contributed by atoms with Crippen molar-refractivity contribution in [2.45, 2.75) is 26.9 Å². The van der Waals surface area contributed by atoms with Crippen LogP contribution in [0.3, 0.4) is 0 Å². The zero-order valence-corrected chi connectivity index (χ0v) is 11.0. The van der Waals surface area contributed by atoms with Crippen LogP contribution in [0.2, 0.25) is 0 Å². The second-order valence-corrected chi connectivity index (χ2v) is 4.43. The summed E-state index contributed by atoms with van der Waals surface area (Å²) in [6.07, 6.45) is -0.0652. The summed E-state index contributed by atoms with van der Waals surface area (Å²) in [5.41, 5.74) is 6.81. The molecule has 2 rings (SSSR count). The van der Waals surface area contributed by atoms with E-state index in [-0.39, 0.29) is 23.9 Å². The highest BCUT2D eigenvalue weighted by molar-refractivity contribution is 5.57. The van der Waals surface area contributed by atoms with Gasteiger partial charge >= 0.3 is 6.01 Å². The van der Waals surface area contributed by atoms with E-state index < -0.39 is 0 Å². The van der Waals surface area contributed by atoms with Crippen LogP contribution >= 0.6 is 0 Å². The first-order valence-corrected chi connectivity index (χ1v) is 5.90. The molecule has 0 spiro atoms. The largest absolute Gasteiger partial charge is 0.461 e. The molecule has 0 aliphatic rings. The summed E-state index contributed by atoms with van der Waals surface area (Å²) in [6.45, 7) is 5.40. The van der Waals surface area contributed by atoms with Gasteiger partial charge in [0, 0.05) is 5.56 Å². The van der Waals surface area contributed by atoms with Gasteiger partial charge in [0.25, 0.3) is 0 Å². The Labute approximate surface area is 110 Å². The summed E-state index contributed by atoms with van der Waals surface area (Å²) < 4.78 is 18.6. The summed E-state index contributed by atoms with van der Waals surface area (Å²) in [7, 11) is 0. The first-order chi connectivity index (χ1) is 8.95. The van der Waals surface area contributed by atoms with Gasteiger partial charge in [-0.05, 0) is 44.5 Å². The first kappa shape index (κ1) is 13.2. The van der Waals surface area contributed by atoms with Crippen molar-refractivity contribution in [3.63, 3.8) is 0 Å². The first-order valence-electron chi connectivity index (χ1n) is 5.90. The van der Waals surface area contributed by atoms with Crippen LogP contribution in [0.4, 0.5) is 10.3 Å². The van der Waals surface area contributed by atoms with Crippen LogP contribution in [0.1, 0.15) is 19.4 Å². The number of nitrogens with zero attached hydrogens (tertiary/aromatic N) is 3. The molecular formula is C13H15FN4O. The van der Waals surface area contributed by atoms with E-state index in [2.05, 4.69) is 15.0 Å². The number of nitrogen functional groups attached to an aromatic ring is 1. The quantitative estimate of drug-likeness (QED) is 0.919. The minimum absolute atomic E-state index is 0.0652. The highest BCUT2D eigenvalue weighted by Crippen LogP contribution is 2.20. The molecule has 0 saturated heterocycles. The van der Waals surface area contributed by atoms with E-state index >= 15 is 0 Å². The highest BCUT2D eigenvalue weighted by Gasteiger charge is 2.10. The number of benzene rings is 1. The van der Waals surface area contributed by atoms with Crippen LogP contribution in [-0.4, -0.2) is 21.1 Å². The third-order valence-corrected chi connectivity index (χ3v) is 2.39. The Bertz CT molecular complexity index is 601. The van der Waals surface area contributed by atoms with Crippen molar-refractivity contribution in [2.75, 3.05) is 5.73 Å². The van der Waals surface area contributed by atoms with E-state index in [1.54, 1.807) is 19.1 Å². The molecule has 0 radical (unpaired) electrons. The van der Waals surface area contributed by atoms with E-state index in [9.17, 15) is 4.39 Å². The number of nitrogens with two attached hydrogens (primary N) is 1. The van der Waals surface area contributed by atoms with Gasteiger partial charge in [0.1, 0.15) is 5.82 Å². The van der Waals surface area contributed by atoms with Gasteiger partial charge in [0.05, 0.1) is 6.10 Å². The molecule has 1 heterocycles. The van der Waals surface area contributed by atoms with E-state index in [4.69, 9.17) is 10.5 Å². The topological polar surface area (TPSA) is 73.9 Å². The predicted molar refractivity (Wildman–Crippen MR) is 70.1 cm³/mol. The van der Waals surface area contributed by atoms with Gasteiger partial charge < -0.3 is 10.5 Å². The Hall–Kier alpha value is -2.24. The molecule has 0 unspecified atom stereocenters.